The molecule has 0 aliphatic heterocycles. The fourth-order valence-corrected chi connectivity index (χ4v) is 7.14. The van der Waals surface area contributed by atoms with Gasteiger partial charge in [-0.15, -0.1) is 0 Å². The molecule has 0 aromatic carbocycles. The van der Waals surface area contributed by atoms with E-state index >= 15 is 0 Å². The predicted molar refractivity (Wildman–Crippen MR) is 207 cm³/mol. The number of hydrogen-bond donors (Lipinski definition) is 6. The van der Waals surface area contributed by atoms with Crippen LogP contribution in [0.5, 0.6) is 0 Å². The molecule has 0 bridgehead atoms. The molecule has 0 amide bonds. The van der Waals surface area contributed by atoms with Crippen molar-refractivity contribution in [2.75, 3.05) is 19.8 Å². The summed E-state index contributed by atoms with van der Waals surface area (Å²) in [6, 6.07) is 0. The maximum absolute atomic E-state index is 12.8. The fourth-order valence-electron chi connectivity index (χ4n) is 6.17. The van der Waals surface area contributed by atoms with Crippen LogP contribution in [-0.4, -0.2) is 98.9 Å². The minimum Gasteiger partial charge on any atom is -0.457 e. The van der Waals surface area contributed by atoms with E-state index in [1.54, 1.807) is 0 Å². The summed E-state index contributed by atoms with van der Waals surface area (Å²) < 4.78 is 34.0. The lowest BCUT2D eigenvalue weighted by Crippen LogP contribution is -2.64. The van der Waals surface area contributed by atoms with Crippen LogP contribution in [0.2, 0.25) is 0 Å². The molecule has 13 heteroatoms. The second-order valence-electron chi connectivity index (χ2n) is 14.5. The van der Waals surface area contributed by atoms with E-state index in [0.29, 0.717) is 13.0 Å². The maximum atomic E-state index is 12.8. The second kappa shape index (κ2) is 32.0. The van der Waals surface area contributed by atoms with E-state index in [-0.39, 0.29) is 13.0 Å². The number of ether oxygens (including phenoxy) is 2. The third-order valence-corrected chi connectivity index (χ3v) is 10.5. The third-order valence-electron chi connectivity index (χ3n) is 9.55. The molecule has 0 spiro atoms. The van der Waals surface area contributed by atoms with Gasteiger partial charge in [-0.25, -0.2) is 4.57 Å². The van der Waals surface area contributed by atoms with Gasteiger partial charge in [0.15, 0.2) is 0 Å². The van der Waals surface area contributed by atoms with Crippen molar-refractivity contribution in [3.63, 3.8) is 0 Å². The Morgan fingerprint density at radius 2 is 1.00 bits per heavy atom. The van der Waals surface area contributed by atoms with Gasteiger partial charge >= 0.3 is 13.8 Å². The van der Waals surface area contributed by atoms with Gasteiger partial charge in [-0.3, -0.25) is 13.8 Å². The zero-order valence-corrected chi connectivity index (χ0v) is 33.7. The number of aliphatic hydroxyl groups excluding tert-OH is 5. The third kappa shape index (κ3) is 24.8. The Kier molecular flexibility index (Phi) is 30.1. The normalized spacial score (nSPS) is 23.8. The Morgan fingerprint density at radius 1 is 0.585 bits per heavy atom. The first-order chi connectivity index (χ1) is 25.5. The van der Waals surface area contributed by atoms with Gasteiger partial charge in [0.1, 0.15) is 42.7 Å². The first-order valence-electron chi connectivity index (χ1n) is 20.7. The van der Waals surface area contributed by atoms with Crippen molar-refractivity contribution < 1.29 is 58.3 Å². The van der Waals surface area contributed by atoms with Gasteiger partial charge in [-0.1, -0.05) is 115 Å². The molecule has 1 saturated carbocycles. The molecule has 0 aromatic heterocycles. The van der Waals surface area contributed by atoms with E-state index in [4.69, 9.17) is 18.5 Å². The van der Waals surface area contributed by atoms with Crippen molar-refractivity contribution in [3.8, 4) is 0 Å². The van der Waals surface area contributed by atoms with Gasteiger partial charge in [0.25, 0.3) is 0 Å². The molecule has 0 aromatic rings. The highest BCUT2D eigenvalue weighted by molar-refractivity contribution is 7.47. The van der Waals surface area contributed by atoms with Gasteiger partial charge in [0.05, 0.1) is 13.2 Å². The van der Waals surface area contributed by atoms with Gasteiger partial charge in [0, 0.05) is 13.0 Å². The second-order valence-corrected chi connectivity index (χ2v) is 15.9. The summed E-state index contributed by atoms with van der Waals surface area (Å²) in [7, 11) is -5.01. The van der Waals surface area contributed by atoms with E-state index < -0.39 is 63.1 Å². The molecule has 1 fully saturated rings. The Bertz CT molecular complexity index is 979. The number of phosphoric acid groups is 1. The highest BCUT2D eigenvalue weighted by Gasteiger charge is 2.51. The monoisotopic (exact) mass is 778 g/mol. The number of hydrogen-bond acceptors (Lipinski definition) is 11. The van der Waals surface area contributed by atoms with E-state index in [1.807, 2.05) is 0 Å². The summed E-state index contributed by atoms with van der Waals surface area (Å²) in [6.45, 7) is 4.18. The topological polar surface area (TPSA) is 192 Å². The maximum Gasteiger partial charge on any atom is 0.472 e. The molecule has 0 heterocycles. The SMILES string of the molecule is CCCCC/C=C\CCCCCCCCOCC(COP(=O)(O)OC1C(O)C(O)C(O)C(O)C1O)OC(=O)CCCCCCC/C=C\CCCCCC. The highest BCUT2D eigenvalue weighted by atomic mass is 31.2. The Hall–Kier alpha value is -1.18. The van der Waals surface area contributed by atoms with Crippen LogP contribution < -0.4 is 0 Å². The van der Waals surface area contributed by atoms with Crippen LogP contribution in [0.4, 0.5) is 0 Å². The summed E-state index contributed by atoms with van der Waals surface area (Å²) in [5.41, 5.74) is 0. The zero-order valence-electron chi connectivity index (χ0n) is 32.8. The number of carbonyl (C=O) groups is 1. The van der Waals surface area contributed by atoms with E-state index in [0.717, 1.165) is 70.6 Å². The first kappa shape index (κ1) is 49.8. The van der Waals surface area contributed by atoms with E-state index in [1.165, 1.54) is 64.2 Å². The van der Waals surface area contributed by atoms with Gasteiger partial charge in [0.2, 0.25) is 0 Å². The van der Waals surface area contributed by atoms with Gasteiger partial charge < -0.3 is 39.9 Å². The van der Waals surface area contributed by atoms with Crippen molar-refractivity contribution in [1.29, 1.82) is 0 Å². The molecular weight excluding hydrogens is 703 g/mol. The summed E-state index contributed by atoms with van der Waals surface area (Å²) in [5, 5.41) is 50.0. The van der Waals surface area contributed by atoms with Crippen LogP contribution in [-0.2, 0) is 27.9 Å². The van der Waals surface area contributed by atoms with Crippen molar-refractivity contribution in [2.45, 2.75) is 204 Å². The van der Waals surface area contributed by atoms with Crippen LogP contribution in [0.15, 0.2) is 24.3 Å². The molecule has 312 valence electrons. The van der Waals surface area contributed by atoms with Crippen molar-refractivity contribution in [3.05, 3.63) is 24.3 Å². The minimum atomic E-state index is -5.01. The number of phosphoric ester groups is 1. The highest BCUT2D eigenvalue weighted by Crippen LogP contribution is 2.47. The van der Waals surface area contributed by atoms with Crippen molar-refractivity contribution in [1.82, 2.24) is 0 Å². The molecule has 0 radical (unpaired) electrons. The average Bonchev–Trinajstić information content (AvgIpc) is 3.14. The molecule has 6 N–H and O–H groups in total. The van der Waals surface area contributed by atoms with Gasteiger partial charge in [-0.2, -0.15) is 0 Å². The lowest BCUT2D eigenvalue weighted by Gasteiger charge is -2.41. The zero-order chi connectivity index (χ0) is 39.2. The molecule has 12 nitrogen and oxygen atoms in total. The van der Waals surface area contributed by atoms with Crippen LogP contribution in [0.25, 0.3) is 0 Å². The van der Waals surface area contributed by atoms with Crippen LogP contribution in [0.3, 0.4) is 0 Å². The Morgan fingerprint density at radius 3 is 1.53 bits per heavy atom. The molecule has 6 atom stereocenters. The number of rotatable bonds is 34. The lowest BCUT2D eigenvalue weighted by molar-refractivity contribution is -0.220. The van der Waals surface area contributed by atoms with E-state index in [9.17, 15) is 39.8 Å². The standard InChI is InChI=1S/C40H75O12P/c1-3-5-7-9-11-13-15-17-19-21-23-25-27-29-34(41)51-33(31-49-30-28-26-24-22-20-18-16-14-12-10-8-6-4-2)32-50-53(47,48)52-40-38(45)36(43)35(42)37(44)39(40)46/h12-15,33,35-40,42-46H,3-11,16-32H2,1-2H3,(H,47,48)/b14-12-,15-13-. The molecule has 0 saturated heterocycles. The molecule has 53 heavy (non-hydrogen) atoms. The quantitative estimate of drug-likeness (QED) is 0.0165. The Balaban J connectivity index is 2.46. The number of esters is 1. The van der Waals surface area contributed by atoms with Crippen LogP contribution in [0.1, 0.15) is 162 Å². The lowest BCUT2D eigenvalue weighted by atomic mass is 9.85. The van der Waals surface area contributed by atoms with Crippen molar-refractivity contribution in [2.24, 2.45) is 0 Å². The van der Waals surface area contributed by atoms with Gasteiger partial charge in [-0.05, 0) is 64.2 Å². The van der Waals surface area contributed by atoms with Crippen molar-refractivity contribution >= 4 is 13.8 Å². The predicted octanol–water partition coefficient (Wildman–Crippen LogP) is 7.36. The largest absolute Gasteiger partial charge is 0.472 e. The van der Waals surface area contributed by atoms with Crippen LogP contribution in [0, 0.1) is 0 Å². The molecule has 6 unspecified atom stereocenters. The summed E-state index contributed by atoms with van der Waals surface area (Å²) in [4.78, 5) is 23.0. The number of aliphatic hydroxyl groups is 5. The number of allylic oxidation sites excluding steroid dienone is 4. The van der Waals surface area contributed by atoms with Crippen LogP contribution >= 0.6 is 7.82 Å². The molecule has 1 aliphatic carbocycles. The smallest absolute Gasteiger partial charge is 0.457 e. The average molecular weight is 779 g/mol. The molecule has 1 aliphatic rings. The summed E-state index contributed by atoms with van der Waals surface area (Å²) in [5.74, 6) is -0.490. The number of unbranched alkanes of at least 4 members (excludes halogenated alkanes) is 18. The summed E-state index contributed by atoms with van der Waals surface area (Å²) in [6.07, 6.45) is 21.1. The Labute approximate surface area is 320 Å². The minimum absolute atomic E-state index is 0.0826. The fraction of sp³-hybridized carbons (Fsp3) is 0.875. The first-order valence-corrected chi connectivity index (χ1v) is 22.2. The molecule has 1 rings (SSSR count). The number of carbonyl (C=O) groups excluding carboxylic acids is 1. The molecular formula is C40H75O12P. The summed E-state index contributed by atoms with van der Waals surface area (Å²) >= 11 is 0. The van der Waals surface area contributed by atoms with E-state index in [2.05, 4.69) is 38.2 Å².